The van der Waals surface area contributed by atoms with Gasteiger partial charge in [-0.1, -0.05) is 0 Å². The van der Waals surface area contributed by atoms with Gasteiger partial charge in [0.15, 0.2) is 22.6 Å². The van der Waals surface area contributed by atoms with E-state index in [4.69, 9.17) is 13.6 Å². The van der Waals surface area contributed by atoms with E-state index in [0.717, 1.165) is 12.2 Å². The Morgan fingerprint density at radius 3 is 3.06 bits per heavy atom. The van der Waals surface area contributed by atoms with Gasteiger partial charge in [0.1, 0.15) is 5.69 Å². The van der Waals surface area contributed by atoms with Crippen LogP contribution in [0.1, 0.15) is 5.69 Å². The summed E-state index contributed by atoms with van der Waals surface area (Å²) in [6.45, 7) is 2.05. The fourth-order valence-electron chi connectivity index (χ4n) is 1.41. The second-order valence-corrected chi connectivity index (χ2v) is 4.18. The van der Waals surface area contributed by atoms with Crippen molar-refractivity contribution < 1.29 is 13.6 Å². The molecule has 0 aliphatic rings. The van der Waals surface area contributed by atoms with Crippen LogP contribution in [0.5, 0.6) is 0 Å². The maximum Gasteiger partial charge on any atom is 0.194 e. The zero-order chi connectivity index (χ0) is 12.1. The number of halogens is 1. The van der Waals surface area contributed by atoms with E-state index in [0.29, 0.717) is 29.3 Å². The Morgan fingerprint density at radius 2 is 2.35 bits per heavy atom. The third-order valence-electron chi connectivity index (χ3n) is 2.21. The van der Waals surface area contributed by atoms with Crippen molar-refractivity contribution in [3.8, 4) is 11.5 Å². The highest BCUT2D eigenvalue weighted by atomic mass is 79.9. The zero-order valence-electron chi connectivity index (χ0n) is 9.40. The summed E-state index contributed by atoms with van der Waals surface area (Å²) in [4.78, 5) is 4.15. The summed E-state index contributed by atoms with van der Waals surface area (Å²) in [5.74, 6) is 1.32. The topological polar surface area (TPSA) is 60.4 Å². The molecule has 2 aromatic rings. The van der Waals surface area contributed by atoms with E-state index in [-0.39, 0.29) is 0 Å². The molecule has 0 saturated carbocycles. The number of nitrogens with zero attached hydrogens (tertiary/aromatic N) is 1. The van der Waals surface area contributed by atoms with Crippen LogP contribution in [0.3, 0.4) is 0 Å². The van der Waals surface area contributed by atoms with Crippen molar-refractivity contribution in [2.24, 2.45) is 0 Å². The molecule has 0 amide bonds. The average molecular weight is 301 g/mol. The van der Waals surface area contributed by atoms with Gasteiger partial charge in [-0.3, -0.25) is 0 Å². The molecule has 0 aliphatic heterocycles. The van der Waals surface area contributed by atoms with Gasteiger partial charge >= 0.3 is 0 Å². The van der Waals surface area contributed by atoms with Crippen LogP contribution >= 0.6 is 15.9 Å². The number of aromatic nitrogens is 1. The maximum atomic E-state index is 5.43. The highest BCUT2D eigenvalue weighted by molar-refractivity contribution is 9.10. The fourth-order valence-corrected chi connectivity index (χ4v) is 1.72. The van der Waals surface area contributed by atoms with Crippen LogP contribution in [-0.4, -0.2) is 25.2 Å². The minimum Gasteiger partial charge on any atom is -0.446 e. The normalized spacial score (nSPS) is 10.9. The number of hydrogen-bond acceptors (Lipinski definition) is 5. The molecule has 2 heterocycles. The van der Waals surface area contributed by atoms with E-state index < -0.39 is 0 Å². The summed E-state index contributed by atoms with van der Waals surface area (Å²) >= 11 is 3.25. The summed E-state index contributed by atoms with van der Waals surface area (Å²) in [5, 5.41) is 3.20. The summed E-state index contributed by atoms with van der Waals surface area (Å²) in [7, 11) is 1.67. The predicted molar refractivity (Wildman–Crippen MR) is 65.5 cm³/mol. The molecule has 0 radical (unpaired) electrons. The minimum absolute atomic E-state index is 0.619. The Morgan fingerprint density at radius 1 is 1.47 bits per heavy atom. The highest BCUT2D eigenvalue weighted by Gasteiger charge is 2.13. The number of hydrogen-bond donors (Lipinski definition) is 1. The summed E-state index contributed by atoms with van der Waals surface area (Å²) in [6, 6.07) is 3.66. The SMILES string of the molecule is COCCNCc1ncoc1-c1ccc(Br)o1. The van der Waals surface area contributed by atoms with E-state index in [2.05, 4.69) is 26.2 Å². The van der Waals surface area contributed by atoms with Crippen LogP contribution in [0, 0.1) is 0 Å². The molecule has 0 aliphatic carbocycles. The molecule has 0 fully saturated rings. The van der Waals surface area contributed by atoms with Gasteiger partial charge in [-0.2, -0.15) is 0 Å². The molecule has 0 spiro atoms. The number of rotatable bonds is 6. The molecule has 2 aromatic heterocycles. The zero-order valence-corrected chi connectivity index (χ0v) is 11.0. The smallest absolute Gasteiger partial charge is 0.194 e. The van der Waals surface area contributed by atoms with Crippen LogP contribution < -0.4 is 5.32 Å². The first kappa shape index (κ1) is 12.3. The third-order valence-corrected chi connectivity index (χ3v) is 2.64. The highest BCUT2D eigenvalue weighted by Crippen LogP contribution is 2.27. The average Bonchev–Trinajstić information content (AvgIpc) is 2.93. The lowest BCUT2D eigenvalue weighted by molar-refractivity contribution is 0.199. The van der Waals surface area contributed by atoms with Gasteiger partial charge in [0, 0.05) is 20.2 Å². The van der Waals surface area contributed by atoms with Crippen molar-refractivity contribution in [3.05, 3.63) is 28.9 Å². The summed E-state index contributed by atoms with van der Waals surface area (Å²) in [6.07, 6.45) is 1.42. The summed E-state index contributed by atoms with van der Waals surface area (Å²) < 4.78 is 16.4. The standard InChI is InChI=1S/C11H13BrN2O3/c1-15-5-4-13-6-8-11(16-7-14-8)9-2-3-10(12)17-9/h2-3,7,13H,4-6H2,1H3. The number of oxazole rings is 1. The molecule has 5 nitrogen and oxygen atoms in total. The first-order valence-corrected chi connectivity index (χ1v) is 5.98. The largest absolute Gasteiger partial charge is 0.446 e. The molecule has 1 N–H and O–H groups in total. The maximum absolute atomic E-state index is 5.43. The van der Waals surface area contributed by atoms with Gasteiger partial charge in [-0.15, -0.1) is 0 Å². The predicted octanol–water partition coefficient (Wildman–Crippen LogP) is 2.43. The molecule has 0 saturated heterocycles. The fraction of sp³-hybridized carbons (Fsp3) is 0.364. The van der Waals surface area contributed by atoms with E-state index in [9.17, 15) is 0 Å². The van der Waals surface area contributed by atoms with E-state index in [1.165, 1.54) is 6.39 Å². The van der Waals surface area contributed by atoms with Crippen molar-refractivity contribution in [1.29, 1.82) is 0 Å². The Hall–Kier alpha value is -1.11. The van der Waals surface area contributed by atoms with Crippen molar-refractivity contribution in [2.75, 3.05) is 20.3 Å². The Balaban J connectivity index is 2.02. The van der Waals surface area contributed by atoms with Gasteiger partial charge in [0.25, 0.3) is 0 Å². The quantitative estimate of drug-likeness (QED) is 0.830. The van der Waals surface area contributed by atoms with E-state index in [1.54, 1.807) is 7.11 Å². The Kier molecular flexibility index (Phi) is 4.36. The lowest BCUT2D eigenvalue weighted by Crippen LogP contribution is -2.19. The molecule has 6 heteroatoms. The molecule has 0 atom stereocenters. The summed E-state index contributed by atoms with van der Waals surface area (Å²) in [5.41, 5.74) is 0.822. The second-order valence-electron chi connectivity index (χ2n) is 3.40. The number of furan rings is 1. The molecule has 0 aromatic carbocycles. The molecule has 0 bridgehead atoms. The van der Waals surface area contributed by atoms with Crippen molar-refractivity contribution >= 4 is 15.9 Å². The lowest BCUT2D eigenvalue weighted by Gasteiger charge is -2.02. The van der Waals surface area contributed by atoms with Crippen molar-refractivity contribution in [1.82, 2.24) is 10.3 Å². The first-order valence-electron chi connectivity index (χ1n) is 5.19. The van der Waals surface area contributed by atoms with Gasteiger partial charge < -0.3 is 18.9 Å². The number of nitrogens with one attached hydrogen (secondary N) is 1. The Labute approximate surface area is 107 Å². The Bertz CT molecular complexity index is 467. The van der Waals surface area contributed by atoms with Gasteiger partial charge in [-0.25, -0.2) is 4.98 Å². The molecular formula is C11H13BrN2O3. The van der Waals surface area contributed by atoms with Crippen molar-refractivity contribution in [2.45, 2.75) is 6.54 Å². The lowest BCUT2D eigenvalue weighted by atomic mass is 10.3. The van der Waals surface area contributed by atoms with Gasteiger partial charge in [0.05, 0.1) is 6.61 Å². The van der Waals surface area contributed by atoms with Gasteiger partial charge in [-0.05, 0) is 28.1 Å². The second kappa shape index (κ2) is 6.00. The first-order chi connectivity index (χ1) is 8.31. The van der Waals surface area contributed by atoms with Crippen LogP contribution in [0.15, 0.2) is 32.0 Å². The monoisotopic (exact) mass is 300 g/mol. The van der Waals surface area contributed by atoms with Crippen LogP contribution in [-0.2, 0) is 11.3 Å². The molecule has 0 unspecified atom stereocenters. The molecule has 17 heavy (non-hydrogen) atoms. The molecule has 2 rings (SSSR count). The molecule has 92 valence electrons. The molecular weight excluding hydrogens is 288 g/mol. The van der Waals surface area contributed by atoms with Crippen LogP contribution in [0.25, 0.3) is 11.5 Å². The third kappa shape index (κ3) is 3.18. The van der Waals surface area contributed by atoms with E-state index in [1.807, 2.05) is 12.1 Å². The minimum atomic E-state index is 0.619. The van der Waals surface area contributed by atoms with Crippen LogP contribution in [0.2, 0.25) is 0 Å². The number of methoxy groups -OCH3 is 1. The van der Waals surface area contributed by atoms with E-state index >= 15 is 0 Å². The van der Waals surface area contributed by atoms with Crippen molar-refractivity contribution in [3.63, 3.8) is 0 Å². The number of ether oxygens (including phenoxy) is 1. The van der Waals surface area contributed by atoms with Gasteiger partial charge in [0.2, 0.25) is 0 Å². The van der Waals surface area contributed by atoms with Crippen LogP contribution in [0.4, 0.5) is 0 Å².